The van der Waals surface area contributed by atoms with Gasteiger partial charge in [0.2, 0.25) is 5.91 Å². The first-order chi connectivity index (χ1) is 10.7. The molecule has 0 saturated carbocycles. The molecule has 0 unspecified atom stereocenters. The molecule has 0 atom stereocenters. The fourth-order valence-corrected chi connectivity index (χ4v) is 2.30. The summed E-state index contributed by atoms with van der Waals surface area (Å²) >= 11 is 0. The highest BCUT2D eigenvalue weighted by Gasteiger charge is 2.14. The van der Waals surface area contributed by atoms with E-state index in [9.17, 15) is 4.79 Å². The molecular weight excluding hydrogens is 274 g/mol. The number of rotatable bonds is 7. The van der Waals surface area contributed by atoms with Gasteiger partial charge in [-0.3, -0.25) is 4.79 Å². The van der Waals surface area contributed by atoms with Crippen molar-refractivity contribution in [2.24, 2.45) is 5.73 Å². The molecule has 0 radical (unpaired) electrons. The van der Waals surface area contributed by atoms with Gasteiger partial charge in [0.15, 0.2) is 0 Å². The standard InChI is InChI=1S/C18H23N3O/c19-11-4-12-21(14-16-5-2-1-3-6-16)18(22)13-15-7-9-17(20)10-8-15/h1-3,5-10H,4,11-14,19-20H2. The topological polar surface area (TPSA) is 72.3 Å². The minimum atomic E-state index is 0.113. The zero-order valence-corrected chi connectivity index (χ0v) is 12.7. The molecule has 0 aliphatic heterocycles. The van der Waals surface area contributed by atoms with Gasteiger partial charge >= 0.3 is 0 Å². The van der Waals surface area contributed by atoms with Crippen LogP contribution in [0, 0.1) is 0 Å². The molecule has 1 amide bonds. The summed E-state index contributed by atoms with van der Waals surface area (Å²) in [6, 6.07) is 17.5. The van der Waals surface area contributed by atoms with E-state index in [0.29, 0.717) is 31.7 Å². The number of nitrogens with two attached hydrogens (primary N) is 2. The molecule has 0 aliphatic carbocycles. The van der Waals surface area contributed by atoms with Gasteiger partial charge in [0, 0.05) is 18.8 Å². The van der Waals surface area contributed by atoms with Gasteiger partial charge in [-0.1, -0.05) is 42.5 Å². The summed E-state index contributed by atoms with van der Waals surface area (Å²) in [5.74, 6) is 0.113. The summed E-state index contributed by atoms with van der Waals surface area (Å²) < 4.78 is 0. The Labute approximate surface area is 131 Å². The molecular formula is C18H23N3O. The van der Waals surface area contributed by atoms with E-state index in [1.54, 1.807) is 0 Å². The molecule has 4 nitrogen and oxygen atoms in total. The van der Waals surface area contributed by atoms with Crippen molar-refractivity contribution in [1.82, 2.24) is 4.90 Å². The lowest BCUT2D eigenvalue weighted by molar-refractivity contribution is -0.131. The second-order valence-electron chi connectivity index (χ2n) is 5.36. The molecule has 0 heterocycles. The van der Waals surface area contributed by atoms with Crippen molar-refractivity contribution >= 4 is 11.6 Å². The maximum Gasteiger partial charge on any atom is 0.227 e. The van der Waals surface area contributed by atoms with Crippen LogP contribution in [-0.2, 0) is 17.8 Å². The van der Waals surface area contributed by atoms with E-state index in [4.69, 9.17) is 11.5 Å². The molecule has 0 aromatic heterocycles. The van der Waals surface area contributed by atoms with Gasteiger partial charge in [-0.25, -0.2) is 0 Å². The van der Waals surface area contributed by atoms with Crippen LogP contribution in [0.3, 0.4) is 0 Å². The van der Waals surface area contributed by atoms with Crippen LogP contribution in [-0.4, -0.2) is 23.9 Å². The first kappa shape index (κ1) is 16.0. The molecule has 4 heteroatoms. The van der Waals surface area contributed by atoms with E-state index in [2.05, 4.69) is 0 Å². The van der Waals surface area contributed by atoms with Gasteiger partial charge in [-0.05, 0) is 36.2 Å². The molecule has 0 bridgehead atoms. The van der Waals surface area contributed by atoms with E-state index < -0.39 is 0 Å². The fourth-order valence-electron chi connectivity index (χ4n) is 2.30. The number of carbonyl (C=O) groups excluding carboxylic acids is 1. The molecule has 0 spiro atoms. The Morgan fingerprint density at radius 3 is 2.27 bits per heavy atom. The van der Waals surface area contributed by atoms with Crippen LogP contribution in [0.1, 0.15) is 17.5 Å². The average molecular weight is 297 g/mol. The first-order valence-electron chi connectivity index (χ1n) is 7.55. The normalized spacial score (nSPS) is 10.4. The molecule has 0 aliphatic rings. The van der Waals surface area contributed by atoms with Crippen molar-refractivity contribution in [3.8, 4) is 0 Å². The van der Waals surface area contributed by atoms with E-state index in [1.807, 2.05) is 59.5 Å². The number of benzene rings is 2. The highest BCUT2D eigenvalue weighted by molar-refractivity contribution is 5.78. The summed E-state index contributed by atoms with van der Waals surface area (Å²) in [5.41, 5.74) is 14.1. The smallest absolute Gasteiger partial charge is 0.227 e. The Morgan fingerprint density at radius 1 is 0.955 bits per heavy atom. The lowest BCUT2D eigenvalue weighted by atomic mass is 10.1. The third-order valence-electron chi connectivity index (χ3n) is 3.54. The van der Waals surface area contributed by atoms with Crippen LogP contribution in [0.4, 0.5) is 5.69 Å². The van der Waals surface area contributed by atoms with Crippen LogP contribution >= 0.6 is 0 Å². The third-order valence-corrected chi connectivity index (χ3v) is 3.54. The first-order valence-corrected chi connectivity index (χ1v) is 7.55. The minimum absolute atomic E-state index is 0.113. The van der Waals surface area contributed by atoms with Crippen molar-refractivity contribution in [1.29, 1.82) is 0 Å². The van der Waals surface area contributed by atoms with E-state index in [-0.39, 0.29) is 5.91 Å². The summed E-state index contributed by atoms with van der Waals surface area (Å²) in [5, 5.41) is 0. The largest absolute Gasteiger partial charge is 0.399 e. The van der Waals surface area contributed by atoms with Gasteiger partial charge in [0.05, 0.1) is 6.42 Å². The van der Waals surface area contributed by atoms with Crippen LogP contribution < -0.4 is 11.5 Å². The van der Waals surface area contributed by atoms with Crippen LogP contribution in [0.5, 0.6) is 0 Å². The highest BCUT2D eigenvalue weighted by Crippen LogP contribution is 2.11. The van der Waals surface area contributed by atoms with Crippen molar-refractivity contribution < 1.29 is 4.79 Å². The Morgan fingerprint density at radius 2 is 1.64 bits per heavy atom. The van der Waals surface area contributed by atoms with Crippen molar-refractivity contribution in [2.75, 3.05) is 18.8 Å². The summed E-state index contributed by atoms with van der Waals surface area (Å²) in [7, 11) is 0. The Hall–Kier alpha value is -2.33. The zero-order chi connectivity index (χ0) is 15.8. The summed E-state index contributed by atoms with van der Waals surface area (Å²) in [6.45, 7) is 1.88. The van der Waals surface area contributed by atoms with Gasteiger partial charge in [-0.2, -0.15) is 0 Å². The molecule has 0 fully saturated rings. The van der Waals surface area contributed by atoms with E-state index in [0.717, 1.165) is 17.5 Å². The van der Waals surface area contributed by atoms with Crippen molar-refractivity contribution in [3.05, 3.63) is 65.7 Å². The molecule has 2 aromatic carbocycles. The van der Waals surface area contributed by atoms with Crippen LogP contribution in [0.25, 0.3) is 0 Å². The zero-order valence-electron chi connectivity index (χ0n) is 12.7. The van der Waals surface area contributed by atoms with Gasteiger partial charge in [0.1, 0.15) is 0 Å². The number of carbonyl (C=O) groups is 1. The number of nitrogen functional groups attached to an aromatic ring is 1. The van der Waals surface area contributed by atoms with Crippen LogP contribution in [0.2, 0.25) is 0 Å². The van der Waals surface area contributed by atoms with E-state index >= 15 is 0 Å². The van der Waals surface area contributed by atoms with Gasteiger partial charge in [-0.15, -0.1) is 0 Å². The van der Waals surface area contributed by atoms with Crippen molar-refractivity contribution in [2.45, 2.75) is 19.4 Å². The Kier molecular flexibility index (Phi) is 5.98. The van der Waals surface area contributed by atoms with Crippen molar-refractivity contribution in [3.63, 3.8) is 0 Å². The maximum absolute atomic E-state index is 12.6. The Balaban J connectivity index is 2.03. The van der Waals surface area contributed by atoms with E-state index in [1.165, 1.54) is 0 Å². The minimum Gasteiger partial charge on any atom is -0.399 e. The number of hydrogen-bond donors (Lipinski definition) is 2. The quantitative estimate of drug-likeness (QED) is 0.769. The molecule has 116 valence electrons. The number of nitrogens with zero attached hydrogens (tertiary/aromatic N) is 1. The molecule has 22 heavy (non-hydrogen) atoms. The second-order valence-corrected chi connectivity index (χ2v) is 5.36. The lowest BCUT2D eigenvalue weighted by Crippen LogP contribution is -2.33. The molecule has 4 N–H and O–H groups in total. The van der Waals surface area contributed by atoms with Crippen LogP contribution in [0.15, 0.2) is 54.6 Å². The summed E-state index contributed by atoms with van der Waals surface area (Å²) in [4.78, 5) is 14.4. The number of amides is 1. The molecule has 2 aromatic rings. The van der Waals surface area contributed by atoms with Gasteiger partial charge < -0.3 is 16.4 Å². The SMILES string of the molecule is NCCCN(Cc1ccccc1)C(=O)Cc1ccc(N)cc1. The number of hydrogen-bond acceptors (Lipinski definition) is 3. The summed E-state index contributed by atoms with van der Waals surface area (Å²) in [6.07, 6.45) is 1.19. The second kappa shape index (κ2) is 8.20. The lowest BCUT2D eigenvalue weighted by Gasteiger charge is -2.23. The molecule has 2 rings (SSSR count). The average Bonchev–Trinajstić information content (AvgIpc) is 2.54. The highest BCUT2D eigenvalue weighted by atomic mass is 16.2. The maximum atomic E-state index is 12.6. The predicted molar refractivity (Wildman–Crippen MR) is 90.1 cm³/mol. The fraction of sp³-hybridized carbons (Fsp3) is 0.278. The monoisotopic (exact) mass is 297 g/mol. The predicted octanol–water partition coefficient (Wildman–Crippen LogP) is 2.19. The Bertz CT molecular complexity index is 581. The number of anilines is 1. The van der Waals surface area contributed by atoms with Gasteiger partial charge in [0.25, 0.3) is 0 Å². The third kappa shape index (κ3) is 4.90. The molecule has 0 saturated heterocycles.